The van der Waals surface area contributed by atoms with Gasteiger partial charge in [-0.15, -0.1) is 0 Å². The number of alkyl halides is 1. The maximum atomic E-state index is 5.53. The fraction of sp³-hybridized carbons (Fsp3) is 1.00. The summed E-state index contributed by atoms with van der Waals surface area (Å²) in [4.78, 5) is 0.701. The van der Waals surface area contributed by atoms with Gasteiger partial charge in [0.15, 0.2) is 0 Å². The highest BCUT2D eigenvalue weighted by Gasteiger charge is 2.15. The molecule has 1 nitrogen and oxygen atoms in total. The van der Waals surface area contributed by atoms with Crippen LogP contribution in [0.25, 0.3) is 0 Å². The van der Waals surface area contributed by atoms with Crippen molar-refractivity contribution in [2.24, 2.45) is 0 Å². The molecule has 0 aromatic carbocycles. The summed E-state index contributed by atoms with van der Waals surface area (Å²) in [6.45, 7) is 3.21. The van der Waals surface area contributed by atoms with Crippen molar-refractivity contribution in [1.82, 2.24) is 0 Å². The van der Waals surface area contributed by atoms with Gasteiger partial charge in [-0.05, 0) is 32.1 Å². The van der Waals surface area contributed by atoms with Crippen LogP contribution in [0.3, 0.4) is 0 Å². The largest absolute Gasteiger partial charge is 0.378 e. The van der Waals surface area contributed by atoms with Gasteiger partial charge in [0.25, 0.3) is 0 Å². The van der Waals surface area contributed by atoms with E-state index in [-0.39, 0.29) is 0 Å². The molecule has 2 unspecified atom stereocenters. The SMILES string of the molecule is CCC(Br)CCC1CCCO1. The zero-order valence-electron chi connectivity index (χ0n) is 7.18. The lowest BCUT2D eigenvalue weighted by Gasteiger charge is -2.11. The zero-order chi connectivity index (χ0) is 8.10. The molecule has 1 fully saturated rings. The number of halogens is 1. The number of hydrogen-bond acceptors (Lipinski definition) is 1. The Morgan fingerprint density at radius 2 is 2.45 bits per heavy atom. The highest BCUT2D eigenvalue weighted by Crippen LogP contribution is 2.20. The first-order valence-corrected chi connectivity index (χ1v) is 5.50. The van der Waals surface area contributed by atoms with E-state index in [1.165, 1.54) is 32.1 Å². The summed E-state index contributed by atoms with van der Waals surface area (Å²) in [7, 11) is 0. The topological polar surface area (TPSA) is 9.23 Å². The minimum atomic E-state index is 0.571. The van der Waals surface area contributed by atoms with Crippen LogP contribution < -0.4 is 0 Å². The summed E-state index contributed by atoms with van der Waals surface area (Å²) < 4.78 is 5.53. The minimum absolute atomic E-state index is 0.571. The highest BCUT2D eigenvalue weighted by molar-refractivity contribution is 9.09. The van der Waals surface area contributed by atoms with Gasteiger partial charge >= 0.3 is 0 Å². The van der Waals surface area contributed by atoms with Crippen molar-refractivity contribution >= 4 is 15.9 Å². The van der Waals surface area contributed by atoms with Crippen LogP contribution >= 0.6 is 15.9 Å². The quantitative estimate of drug-likeness (QED) is 0.662. The van der Waals surface area contributed by atoms with Crippen molar-refractivity contribution in [3.63, 3.8) is 0 Å². The van der Waals surface area contributed by atoms with Gasteiger partial charge in [-0.25, -0.2) is 0 Å². The molecule has 1 aliphatic rings. The molecular weight excluding hydrogens is 204 g/mol. The molecule has 0 amide bonds. The lowest BCUT2D eigenvalue weighted by molar-refractivity contribution is 0.102. The fourth-order valence-electron chi connectivity index (χ4n) is 1.44. The van der Waals surface area contributed by atoms with Gasteiger partial charge in [-0.3, -0.25) is 0 Å². The van der Waals surface area contributed by atoms with Crippen LogP contribution in [0, 0.1) is 0 Å². The molecule has 66 valence electrons. The molecule has 1 saturated heterocycles. The standard InChI is InChI=1S/C9H17BrO/c1-2-8(10)5-6-9-4-3-7-11-9/h8-9H,2-7H2,1H3. The van der Waals surface area contributed by atoms with Crippen molar-refractivity contribution in [3.05, 3.63) is 0 Å². The fourth-order valence-corrected chi connectivity index (χ4v) is 1.71. The lowest BCUT2D eigenvalue weighted by Crippen LogP contribution is -2.07. The Kier molecular flexibility index (Phi) is 4.46. The molecule has 0 aliphatic carbocycles. The van der Waals surface area contributed by atoms with Crippen LogP contribution in [0.15, 0.2) is 0 Å². The molecule has 0 radical (unpaired) electrons. The summed E-state index contributed by atoms with van der Waals surface area (Å²) in [5.41, 5.74) is 0. The van der Waals surface area contributed by atoms with E-state index in [0.29, 0.717) is 10.9 Å². The predicted octanol–water partition coefficient (Wildman–Crippen LogP) is 3.12. The zero-order valence-corrected chi connectivity index (χ0v) is 8.77. The molecule has 0 saturated carbocycles. The van der Waals surface area contributed by atoms with E-state index < -0.39 is 0 Å². The second-order valence-corrected chi connectivity index (χ2v) is 4.51. The van der Waals surface area contributed by atoms with Crippen molar-refractivity contribution in [3.8, 4) is 0 Å². The Hall–Kier alpha value is 0.440. The first kappa shape index (κ1) is 9.53. The monoisotopic (exact) mass is 220 g/mol. The first-order chi connectivity index (χ1) is 5.33. The van der Waals surface area contributed by atoms with Crippen LogP contribution in [0.2, 0.25) is 0 Å². The summed E-state index contributed by atoms with van der Waals surface area (Å²) in [5.74, 6) is 0. The summed E-state index contributed by atoms with van der Waals surface area (Å²) in [5, 5.41) is 0. The van der Waals surface area contributed by atoms with Crippen LogP contribution in [0.5, 0.6) is 0 Å². The molecule has 0 spiro atoms. The van der Waals surface area contributed by atoms with Gasteiger partial charge in [-0.1, -0.05) is 22.9 Å². The number of hydrogen-bond donors (Lipinski definition) is 0. The molecule has 2 heteroatoms. The predicted molar refractivity (Wildman–Crippen MR) is 51.2 cm³/mol. The Balaban J connectivity index is 2.01. The van der Waals surface area contributed by atoms with Crippen LogP contribution in [0.4, 0.5) is 0 Å². The average molecular weight is 221 g/mol. The number of ether oxygens (including phenoxy) is 1. The van der Waals surface area contributed by atoms with Gasteiger partial charge in [0.2, 0.25) is 0 Å². The smallest absolute Gasteiger partial charge is 0.0576 e. The molecule has 2 atom stereocenters. The minimum Gasteiger partial charge on any atom is -0.378 e. The third-order valence-corrected chi connectivity index (χ3v) is 3.37. The molecule has 1 aliphatic heterocycles. The third-order valence-electron chi connectivity index (χ3n) is 2.27. The van der Waals surface area contributed by atoms with Crippen LogP contribution in [0.1, 0.15) is 39.0 Å². The molecule has 1 heterocycles. The van der Waals surface area contributed by atoms with Gasteiger partial charge in [0, 0.05) is 11.4 Å². The second-order valence-electron chi connectivity index (χ2n) is 3.22. The van der Waals surface area contributed by atoms with E-state index in [0.717, 1.165) is 6.61 Å². The average Bonchev–Trinajstić information content (AvgIpc) is 2.52. The molecule has 0 aromatic rings. The van der Waals surface area contributed by atoms with Gasteiger partial charge in [0.05, 0.1) is 6.10 Å². The normalized spacial score (nSPS) is 27.3. The highest BCUT2D eigenvalue weighted by atomic mass is 79.9. The molecule has 1 rings (SSSR count). The number of rotatable bonds is 4. The first-order valence-electron chi connectivity index (χ1n) is 4.58. The van der Waals surface area contributed by atoms with Gasteiger partial charge < -0.3 is 4.74 Å². The van der Waals surface area contributed by atoms with Gasteiger partial charge in [0.1, 0.15) is 0 Å². The molecule has 0 N–H and O–H groups in total. The Morgan fingerprint density at radius 1 is 1.64 bits per heavy atom. The van der Waals surface area contributed by atoms with Crippen molar-refractivity contribution in [2.45, 2.75) is 50.0 Å². The van der Waals surface area contributed by atoms with Crippen molar-refractivity contribution in [1.29, 1.82) is 0 Å². The van der Waals surface area contributed by atoms with Crippen LogP contribution in [-0.2, 0) is 4.74 Å². The molecule has 0 aromatic heterocycles. The van der Waals surface area contributed by atoms with Crippen molar-refractivity contribution in [2.75, 3.05) is 6.61 Å². The molecular formula is C9H17BrO. The van der Waals surface area contributed by atoms with Crippen LogP contribution in [-0.4, -0.2) is 17.5 Å². The maximum Gasteiger partial charge on any atom is 0.0576 e. The van der Waals surface area contributed by atoms with Crippen molar-refractivity contribution < 1.29 is 4.74 Å². The summed E-state index contributed by atoms with van der Waals surface area (Å²) >= 11 is 3.63. The summed E-state index contributed by atoms with van der Waals surface area (Å²) in [6, 6.07) is 0. The Bertz CT molecular complexity index is 99.7. The second kappa shape index (κ2) is 5.15. The Morgan fingerprint density at radius 3 is 3.00 bits per heavy atom. The summed E-state index contributed by atoms with van der Waals surface area (Å²) in [6.07, 6.45) is 6.85. The lowest BCUT2D eigenvalue weighted by atomic mass is 10.1. The maximum absolute atomic E-state index is 5.53. The third kappa shape index (κ3) is 3.57. The van der Waals surface area contributed by atoms with E-state index >= 15 is 0 Å². The molecule has 11 heavy (non-hydrogen) atoms. The van der Waals surface area contributed by atoms with E-state index in [1.54, 1.807) is 0 Å². The van der Waals surface area contributed by atoms with Gasteiger partial charge in [-0.2, -0.15) is 0 Å². The van der Waals surface area contributed by atoms with E-state index in [4.69, 9.17) is 4.74 Å². The van der Waals surface area contributed by atoms with E-state index in [9.17, 15) is 0 Å². The Labute approximate surface area is 77.6 Å². The molecule has 0 bridgehead atoms. The van der Waals surface area contributed by atoms with E-state index in [1.807, 2.05) is 0 Å². The van der Waals surface area contributed by atoms with E-state index in [2.05, 4.69) is 22.9 Å².